The summed E-state index contributed by atoms with van der Waals surface area (Å²) in [6.07, 6.45) is 4.86. The minimum absolute atomic E-state index is 0.0310. The van der Waals surface area contributed by atoms with Crippen LogP contribution in [0.3, 0.4) is 0 Å². The van der Waals surface area contributed by atoms with Crippen molar-refractivity contribution in [3.63, 3.8) is 0 Å². The number of rotatable bonds is 6. The first-order valence-electron chi connectivity index (χ1n) is 8.07. The van der Waals surface area contributed by atoms with Crippen LogP contribution in [0.5, 0.6) is 0 Å². The zero-order valence-corrected chi connectivity index (χ0v) is 14.6. The largest absolute Gasteiger partial charge is 0.352 e. The van der Waals surface area contributed by atoms with E-state index in [-0.39, 0.29) is 17.4 Å². The summed E-state index contributed by atoms with van der Waals surface area (Å²) in [6.45, 7) is 5.66. The van der Waals surface area contributed by atoms with Gasteiger partial charge >= 0.3 is 5.69 Å². The van der Waals surface area contributed by atoms with Crippen LogP contribution >= 0.6 is 0 Å². The fourth-order valence-electron chi connectivity index (χ4n) is 2.44. The third kappa shape index (κ3) is 3.66. The van der Waals surface area contributed by atoms with Crippen molar-refractivity contribution in [1.29, 1.82) is 0 Å². The number of hydrogen-bond acceptors (Lipinski definition) is 8. The van der Waals surface area contributed by atoms with Crippen LogP contribution in [0.4, 0.5) is 11.5 Å². The van der Waals surface area contributed by atoms with E-state index >= 15 is 0 Å². The van der Waals surface area contributed by atoms with Crippen molar-refractivity contribution in [3.05, 3.63) is 58.4 Å². The highest BCUT2D eigenvalue weighted by Crippen LogP contribution is 2.30. The normalized spacial score (nSPS) is 12.2. The molecule has 3 heterocycles. The van der Waals surface area contributed by atoms with Gasteiger partial charge in [-0.15, -0.1) is 0 Å². The summed E-state index contributed by atoms with van der Waals surface area (Å²) < 4.78 is 5.40. The van der Waals surface area contributed by atoms with E-state index in [1.54, 1.807) is 37.6 Å². The SMILES string of the molecule is Cc1cnc(NC(c2nc(-c3ccncc3)no2)C(C)C)c([N+](=O)[O-])c1. The molecule has 9 nitrogen and oxygen atoms in total. The maximum absolute atomic E-state index is 11.3. The molecule has 0 spiro atoms. The Hall–Kier alpha value is -3.36. The fraction of sp³-hybridized carbons (Fsp3) is 0.294. The van der Waals surface area contributed by atoms with Crippen molar-refractivity contribution < 1.29 is 9.45 Å². The highest BCUT2D eigenvalue weighted by atomic mass is 16.6. The van der Waals surface area contributed by atoms with Crippen LogP contribution < -0.4 is 5.32 Å². The second-order valence-electron chi connectivity index (χ2n) is 6.20. The molecule has 0 aromatic carbocycles. The van der Waals surface area contributed by atoms with Gasteiger partial charge in [-0.3, -0.25) is 15.1 Å². The Bertz CT molecular complexity index is 910. The lowest BCUT2D eigenvalue weighted by Gasteiger charge is -2.19. The standard InChI is InChI=1S/C17H18N6O3/c1-10(2)14(20-16-13(23(24)25)8-11(3)9-19-16)17-21-15(22-26-17)12-4-6-18-7-5-12/h4-10,14H,1-3H3,(H,19,20). The number of aryl methyl sites for hydroxylation is 1. The third-order valence-corrected chi connectivity index (χ3v) is 3.81. The zero-order valence-electron chi connectivity index (χ0n) is 14.6. The predicted molar refractivity (Wildman–Crippen MR) is 94.4 cm³/mol. The van der Waals surface area contributed by atoms with Gasteiger partial charge in [0.2, 0.25) is 17.5 Å². The summed E-state index contributed by atoms with van der Waals surface area (Å²) in [5.41, 5.74) is 1.39. The van der Waals surface area contributed by atoms with Gasteiger partial charge in [-0.2, -0.15) is 4.98 Å². The molecule has 0 aliphatic heterocycles. The first-order valence-corrected chi connectivity index (χ1v) is 8.07. The lowest BCUT2D eigenvalue weighted by Crippen LogP contribution is -2.19. The van der Waals surface area contributed by atoms with E-state index in [9.17, 15) is 10.1 Å². The molecule has 3 rings (SSSR count). The first-order chi connectivity index (χ1) is 12.5. The maximum atomic E-state index is 11.3. The Morgan fingerprint density at radius 2 is 2.00 bits per heavy atom. The van der Waals surface area contributed by atoms with Crippen LogP contribution in [-0.4, -0.2) is 25.0 Å². The van der Waals surface area contributed by atoms with Crippen molar-refractivity contribution in [2.45, 2.75) is 26.8 Å². The number of anilines is 1. The van der Waals surface area contributed by atoms with Crippen LogP contribution in [-0.2, 0) is 0 Å². The summed E-state index contributed by atoms with van der Waals surface area (Å²) in [4.78, 5) is 23.4. The molecular weight excluding hydrogens is 336 g/mol. The van der Waals surface area contributed by atoms with Crippen LogP contribution in [0.25, 0.3) is 11.4 Å². The van der Waals surface area contributed by atoms with E-state index in [1.807, 2.05) is 13.8 Å². The number of nitrogens with zero attached hydrogens (tertiary/aromatic N) is 5. The topological polar surface area (TPSA) is 120 Å². The van der Waals surface area contributed by atoms with Crippen molar-refractivity contribution in [3.8, 4) is 11.4 Å². The van der Waals surface area contributed by atoms with Gasteiger partial charge < -0.3 is 9.84 Å². The quantitative estimate of drug-likeness (QED) is 0.527. The lowest BCUT2D eigenvalue weighted by molar-refractivity contribution is -0.384. The van der Waals surface area contributed by atoms with Gasteiger partial charge in [0.25, 0.3) is 0 Å². The van der Waals surface area contributed by atoms with Crippen molar-refractivity contribution in [2.75, 3.05) is 5.32 Å². The summed E-state index contributed by atoms with van der Waals surface area (Å²) >= 11 is 0. The number of nitrogens with one attached hydrogen (secondary N) is 1. The molecule has 0 aliphatic carbocycles. The van der Waals surface area contributed by atoms with Gasteiger partial charge in [0, 0.05) is 30.2 Å². The third-order valence-electron chi connectivity index (χ3n) is 3.81. The number of pyridine rings is 2. The minimum Gasteiger partial charge on any atom is -0.352 e. The Morgan fingerprint density at radius 1 is 1.27 bits per heavy atom. The van der Waals surface area contributed by atoms with Crippen molar-refractivity contribution >= 4 is 11.5 Å². The van der Waals surface area contributed by atoms with Crippen LogP contribution in [0.2, 0.25) is 0 Å². The number of hydrogen-bond donors (Lipinski definition) is 1. The Labute approximate surface area is 149 Å². The van der Waals surface area contributed by atoms with E-state index in [0.29, 0.717) is 17.3 Å². The van der Waals surface area contributed by atoms with Crippen LogP contribution in [0.15, 0.2) is 41.3 Å². The van der Waals surface area contributed by atoms with Gasteiger partial charge in [0.05, 0.1) is 4.92 Å². The number of aromatic nitrogens is 4. The molecule has 1 atom stereocenters. The van der Waals surface area contributed by atoms with Crippen molar-refractivity contribution in [1.82, 2.24) is 20.1 Å². The first kappa shape index (κ1) is 17.5. The predicted octanol–water partition coefficient (Wildman–Crippen LogP) is 3.55. The van der Waals surface area contributed by atoms with Crippen LogP contribution in [0, 0.1) is 23.0 Å². The molecule has 0 aliphatic rings. The second kappa shape index (κ2) is 7.26. The molecular formula is C17H18N6O3. The van der Waals surface area contributed by atoms with E-state index < -0.39 is 11.0 Å². The maximum Gasteiger partial charge on any atom is 0.311 e. The highest BCUT2D eigenvalue weighted by Gasteiger charge is 2.26. The lowest BCUT2D eigenvalue weighted by atomic mass is 10.0. The Balaban J connectivity index is 1.92. The van der Waals surface area contributed by atoms with Gasteiger partial charge in [-0.05, 0) is 30.5 Å². The Kier molecular flexibility index (Phi) is 4.87. The molecule has 1 unspecified atom stereocenters. The fourth-order valence-corrected chi connectivity index (χ4v) is 2.44. The molecule has 26 heavy (non-hydrogen) atoms. The molecule has 3 aromatic rings. The molecule has 9 heteroatoms. The second-order valence-corrected chi connectivity index (χ2v) is 6.20. The van der Waals surface area contributed by atoms with E-state index in [1.165, 1.54) is 6.07 Å². The van der Waals surface area contributed by atoms with Gasteiger partial charge in [-0.25, -0.2) is 4.98 Å². The summed E-state index contributed by atoms with van der Waals surface area (Å²) in [6, 6.07) is 4.60. The van der Waals surface area contributed by atoms with E-state index in [4.69, 9.17) is 4.52 Å². The van der Waals surface area contributed by atoms with Gasteiger partial charge in [-0.1, -0.05) is 19.0 Å². The van der Waals surface area contributed by atoms with Crippen molar-refractivity contribution in [2.24, 2.45) is 5.92 Å². The average molecular weight is 354 g/mol. The zero-order chi connectivity index (χ0) is 18.7. The smallest absolute Gasteiger partial charge is 0.311 e. The molecule has 134 valence electrons. The van der Waals surface area contributed by atoms with E-state index in [2.05, 4.69) is 25.4 Å². The molecule has 0 radical (unpaired) electrons. The molecule has 0 amide bonds. The summed E-state index contributed by atoms with van der Waals surface area (Å²) in [5, 5.41) is 18.4. The molecule has 0 fully saturated rings. The molecule has 0 saturated carbocycles. The summed E-state index contributed by atoms with van der Waals surface area (Å²) in [7, 11) is 0. The molecule has 0 saturated heterocycles. The highest BCUT2D eigenvalue weighted by molar-refractivity contribution is 5.57. The number of nitro groups is 1. The summed E-state index contributed by atoms with van der Waals surface area (Å²) in [5.74, 6) is 0.969. The van der Waals surface area contributed by atoms with Gasteiger partial charge in [0.1, 0.15) is 6.04 Å². The average Bonchev–Trinajstić information content (AvgIpc) is 3.10. The van der Waals surface area contributed by atoms with Crippen LogP contribution in [0.1, 0.15) is 31.3 Å². The molecule has 0 bridgehead atoms. The minimum atomic E-state index is -0.462. The molecule has 3 aromatic heterocycles. The monoisotopic (exact) mass is 354 g/mol. The van der Waals surface area contributed by atoms with E-state index in [0.717, 1.165) is 5.56 Å². The Morgan fingerprint density at radius 3 is 2.65 bits per heavy atom. The van der Waals surface area contributed by atoms with Gasteiger partial charge in [0.15, 0.2) is 0 Å². The molecule has 1 N–H and O–H groups in total.